The molecule has 0 bridgehead atoms. The van der Waals surface area contributed by atoms with Crippen LogP contribution in [0.15, 0.2) is 158 Å². The molecule has 77 heavy (non-hydrogen) atoms. The Bertz CT molecular complexity index is 1740. The van der Waals surface area contributed by atoms with Crippen molar-refractivity contribution in [1.82, 2.24) is 0 Å². The number of allylic oxidation sites excluding steroid dienone is 26. The summed E-state index contributed by atoms with van der Waals surface area (Å²) in [5.74, 6) is -0.973. The first-order valence-corrected chi connectivity index (χ1v) is 31.0. The Labute approximate surface area is 473 Å². The van der Waals surface area contributed by atoms with E-state index in [2.05, 4.69) is 179 Å². The van der Waals surface area contributed by atoms with Crippen molar-refractivity contribution in [3.63, 3.8) is 0 Å². The van der Waals surface area contributed by atoms with Gasteiger partial charge in [0.05, 0.1) is 0 Å². The second-order valence-corrected chi connectivity index (χ2v) is 19.8. The average Bonchev–Trinajstić information content (AvgIpc) is 3.43. The van der Waals surface area contributed by atoms with Gasteiger partial charge in [0.1, 0.15) is 13.2 Å². The quantitative estimate of drug-likeness (QED) is 0.0261. The van der Waals surface area contributed by atoms with Crippen LogP contribution in [0.5, 0.6) is 0 Å². The van der Waals surface area contributed by atoms with Crippen molar-refractivity contribution < 1.29 is 28.6 Å². The smallest absolute Gasteiger partial charge is 0.306 e. The maximum atomic E-state index is 12.9. The maximum absolute atomic E-state index is 12.9. The van der Waals surface area contributed by atoms with E-state index in [1.54, 1.807) is 0 Å². The maximum Gasteiger partial charge on any atom is 0.306 e. The molecular formula is C71H112O6. The number of hydrogen-bond donors (Lipinski definition) is 0. The van der Waals surface area contributed by atoms with E-state index in [0.29, 0.717) is 19.3 Å². The molecule has 0 saturated carbocycles. The van der Waals surface area contributed by atoms with Crippen LogP contribution < -0.4 is 0 Å². The molecule has 0 radical (unpaired) electrons. The number of esters is 3. The van der Waals surface area contributed by atoms with Crippen molar-refractivity contribution >= 4 is 17.9 Å². The minimum atomic E-state index is -0.817. The van der Waals surface area contributed by atoms with Crippen LogP contribution in [0.4, 0.5) is 0 Å². The van der Waals surface area contributed by atoms with Crippen LogP contribution in [-0.2, 0) is 28.6 Å². The highest BCUT2D eigenvalue weighted by Crippen LogP contribution is 2.14. The third-order valence-electron chi connectivity index (χ3n) is 12.5. The first-order valence-electron chi connectivity index (χ1n) is 31.0. The molecule has 0 spiro atoms. The number of unbranched alkanes of at least 4 members (excludes halogenated alkanes) is 17. The van der Waals surface area contributed by atoms with E-state index in [1.165, 1.54) is 51.4 Å². The van der Waals surface area contributed by atoms with Crippen molar-refractivity contribution in [1.29, 1.82) is 0 Å². The lowest BCUT2D eigenvalue weighted by molar-refractivity contribution is -0.167. The predicted octanol–water partition coefficient (Wildman–Crippen LogP) is 21.3. The van der Waals surface area contributed by atoms with Gasteiger partial charge in [-0.3, -0.25) is 14.4 Å². The van der Waals surface area contributed by atoms with Crippen LogP contribution in [0.3, 0.4) is 0 Å². The topological polar surface area (TPSA) is 78.9 Å². The van der Waals surface area contributed by atoms with Crippen molar-refractivity contribution in [2.75, 3.05) is 13.2 Å². The van der Waals surface area contributed by atoms with Crippen molar-refractivity contribution in [2.45, 2.75) is 258 Å². The molecule has 0 saturated heterocycles. The third kappa shape index (κ3) is 61.8. The summed E-state index contributed by atoms with van der Waals surface area (Å²) in [4.78, 5) is 38.3. The van der Waals surface area contributed by atoms with E-state index in [4.69, 9.17) is 14.2 Å². The SMILES string of the molecule is CC/C=C\C/C=C\C/C=C\C/C=C\C/C=C\CCCCCC(=O)OC(COC(=O)CCCCCC/C=C\C/C=C\C/C=C\C/C=C\CC)COC(=O)CCCCCCCCCCCC/C=C\C/C=C\C/C=C\C/C=C\CC. The summed E-state index contributed by atoms with van der Waals surface area (Å²) in [7, 11) is 0. The fourth-order valence-electron chi connectivity index (χ4n) is 7.98. The molecule has 0 aliphatic rings. The monoisotopic (exact) mass is 1060 g/mol. The molecule has 0 heterocycles. The zero-order chi connectivity index (χ0) is 55.7. The predicted molar refractivity (Wildman–Crippen MR) is 334 cm³/mol. The van der Waals surface area contributed by atoms with E-state index in [9.17, 15) is 14.4 Å². The van der Waals surface area contributed by atoms with Gasteiger partial charge < -0.3 is 14.2 Å². The van der Waals surface area contributed by atoms with Crippen LogP contribution in [0.25, 0.3) is 0 Å². The molecule has 6 nitrogen and oxygen atoms in total. The van der Waals surface area contributed by atoms with Crippen molar-refractivity contribution in [2.24, 2.45) is 0 Å². The Morgan fingerprint density at radius 1 is 0.260 bits per heavy atom. The molecule has 1 atom stereocenters. The number of ether oxygens (including phenoxy) is 3. The fraction of sp³-hybridized carbons (Fsp3) is 0.592. The third-order valence-corrected chi connectivity index (χ3v) is 12.5. The van der Waals surface area contributed by atoms with Gasteiger partial charge in [-0.05, 0) is 141 Å². The zero-order valence-corrected chi connectivity index (χ0v) is 49.4. The molecule has 432 valence electrons. The Morgan fingerprint density at radius 2 is 0.468 bits per heavy atom. The lowest BCUT2D eigenvalue weighted by Crippen LogP contribution is -2.30. The number of carbonyl (C=O) groups excluding carboxylic acids is 3. The molecule has 0 aliphatic heterocycles. The van der Waals surface area contributed by atoms with Crippen LogP contribution in [0.1, 0.15) is 252 Å². The normalized spacial score (nSPS) is 13.2. The van der Waals surface area contributed by atoms with E-state index < -0.39 is 6.10 Å². The van der Waals surface area contributed by atoms with Gasteiger partial charge in [-0.25, -0.2) is 0 Å². The largest absolute Gasteiger partial charge is 0.462 e. The van der Waals surface area contributed by atoms with Gasteiger partial charge >= 0.3 is 17.9 Å². The van der Waals surface area contributed by atoms with Crippen LogP contribution in [-0.4, -0.2) is 37.2 Å². The highest BCUT2D eigenvalue weighted by Gasteiger charge is 2.19. The van der Waals surface area contributed by atoms with Gasteiger partial charge in [0, 0.05) is 19.3 Å². The van der Waals surface area contributed by atoms with Gasteiger partial charge in [-0.15, -0.1) is 0 Å². The molecule has 6 heteroatoms. The number of carbonyl (C=O) groups is 3. The molecule has 1 unspecified atom stereocenters. The minimum absolute atomic E-state index is 0.108. The van der Waals surface area contributed by atoms with E-state index >= 15 is 0 Å². The van der Waals surface area contributed by atoms with Gasteiger partial charge in [0.2, 0.25) is 0 Å². The Kier molecular flexibility index (Phi) is 59.5. The summed E-state index contributed by atoms with van der Waals surface area (Å²) >= 11 is 0. The van der Waals surface area contributed by atoms with Crippen LogP contribution >= 0.6 is 0 Å². The van der Waals surface area contributed by atoms with Crippen LogP contribution in [0.2, 0.25) is 0 Å². The van der Waals surface area contributed by atoms with Gasteiger partial charge in [0.15, 0.2) is 6.10 Å². The summed E-state index contributed by atoms with van der Waals surface area (Å²) in [6.45, 7) is 6.25. The highest BCUT2D eigenvalue weighted by molar-refractivity contribution is 5.71. The number of hydrogen-bond acceptors (Lipinski definition) is 6. The van der Waals surface area contributed by atoms with E-state index in [1.807, 2.05) is 0 Å². The van der Waals surface area contributed by atoms with Crippen molar-refractivity contribution in [3.8, 4) is 0 Å². The van der Waals surface area contributed by atoms with Crippen LogP contribution in [0, 0.1) is 0 Å². The summed E-state index contributed by atoms with van der Waals surface area (Å²) in [6.07, 6.45) is 92.4. The van der Waals surface area contributed by atoms with E-state index in [-0.39, 0.29) is 37.5 Å². The molecule has 0 aliphatic carbocycles. The Morgan fingerprint density at radius 3 is 0.740 bits per heavy atom. The molecule has 0 rings (SSSR count). The molecule has 0 aromatic carbocycles. The molecular weight excluding hydrogens is 949 g/mol. The average molecular weight is 1060 g/mol. The molecule has 0 aromatic heterocycles. The second-order valence-electron chi connectivity index (χ2n) is 19.8. The van der Waals surface area contributed by atoms with Gasteiger partial charge in [-0.2, -0.15) is 0 Å². The zero-order valence-electron chi connectivity index (χ0n) is 49.4. The molecule has 0 amide bonds. The highest BCUT2D eigenvalue weighted by atomic mass is 16.6. The Balaban J connectivity index is 4.50. The number of rotatable bonds is 54. The summed E-state index contributed by atoms with van der Waals surface area (Å²) in [5.41, 5.74) is 0. The van der Waals surface area contributed by atoms with E-state index in [0.717, 1.165) is 154 Å². The molecule has 0 N–H and O–H groups in total. The first kappa shape index (κ1) is 72.0. The van der Waals surface area contributed by atoms with Gasteiger partial charge in [0.25, 0.3) is 0 Å². The second kappa shape index (κ2) is 63.6. The fourth-order valence-corrected chi connectivity index (χ4v) is 7.98. The minimum Gasteiger partial charge on any atom is -0.462 e. The molecule has 0 fully saturated rings. The standard InChI is InChI=1S/C71H112O6/c1-4-7-10-13-16-19-22-25-28-31-33-34-35-36-38-40-43-46-49-52-55-58-61-64-70(73)76-67-68(66-75-69(72)63-60-57-54-51-48-45-42-39-30-27-24-21-18-15-12-9-6-3)77-71(74)65-62-59-56-53-50-47-44-41-37-32-29-26-23-20-17-14-11-8-5-2/h7-12,16-21,25-30,33-34,37,41-42,45,47,50,68H,4-6,13-15,22-24,31-32,35-36,38-40,43-44,46,48-49,51-67H2,1-3H3/b10-7-,11-8-,12-9-,19-16-,20-17-,21-18-,28-25-,29-26-,30-27-,34-33-,41-37-,45-42-,50-47-. The van der Waals surface area contributed by atoms with Gasteiger partial charge in [-0.1, -0.05) is 249 Å². The lowest BCUT2D eigenvalue weighted by Gasteiger charge is -2.18. The Hall–Kier alpha value is -4.97. The first-order chi connectivity index (χ1) is 38.0. The summed E-state index contributed by atoms with van der Waals surface area (Å²) in [6, 6.07) is 0. The summed E-state index contributed by atoms with van der Waals surface area (Å²) in [5, 5.41) is 0. The summed E-state index contributed by atoms with van der Waals surface area (Å²) < 4.78 is 16.9. The van der Waals surface area contributed by atoms with Crippen molar-refractivity contribution in [3.05, 3.63) is 158 Å². The molecule has 0 aromatic rings. The lowest BCUT2D eigenvalue weighted by atomic mass is 10.1.